The van der Waals surface area contributed by atoms with Crippen molar-refractivity contribution in [1.82, 2.24) is 9.96 Å². The molecule has 0 bridgehead atoms. The lowest BCUT2D eigenvalue weighted by Crippen LogP contribution is -2.40. The minimum atomic E-state index is 0.490. The molecule has 2 aliphatic heterocycles. The van der Waals surface area contributed by atoms with Gasteiger partial charge in [-0.2, -0.15) is 5.06 Å². The van der Waals surface area contributed by atoms with Crippen LogP contribution >= 0.6 is 0 Å². The van der Waals surface area contributed by atoms with Crippen LogP contribution in [0.4, 0.5) is 0 Å². The number of nitrogens with zero attached hydrogens (tertiary/aromatic N) is 2. The van der Waals surface area contributed by atoms with Crippen molar-refractivity contribution in [3.8, 4) is 0 Å². The zero-order valence-electron chi connectivity index (χ0n) is 9.24. The zero-order valence-corrected chi connectivity index (χ0v) is 9.24. The number of piperidine rings is 2. The van der Waals surface area contributed by atoms with Gasteiger partial charge < -0.3 is 4.90 Å². The van der Waals surface area contributed by atoms with Gasteiger partial charge in [0.25, 0.3) is 0 Å². The fraction of sp³-hybridized carbons (Fsp3) is 1.00. The van der Waals surface area contributed by atoms with Crippen molar-refractivity contribution < 1.29 is 4.84 Å². The van der Waals surface area contributed by atoms with Crippen LogP contribution < -0.4 is 0 Å². The first-order valence-corrected chi connectivity index (χ1v) is 5.95. The molecule has 0 N–H and O–H groups in total. The third-order valence-corrected chi connectivity index (χ3v) is 3.28. The molecule has 0 unspecified atom stereocenters. The SMILES string of the molecule is CN1CCC(ON2CCCCC2)CC1. The summed E-state index contributed by atoms with van der Waals surface area (Å²) in [7, 11) is 2.19. The Morgan fingerprint density at radius 1 is 0.929 bits per heavy atom. The molecule has 2 heterocycles. The van der Waals surface area contributed by atoms with Crippen molar-refractivity contribution in [2.24, 2.45) is 0 Å². The van der Waals surface area contributed by atoms with Crippen LogP contribution in [0.3, 0.4) is 0 Å². The summed E-state index contributed by atoms with van der Waals surface area (Å²) in [5.74, 6) is 0. The van der Waals surface area contributed by atoms with Gasteiger partial charge in [0.15, 0.2) is 0 Å². The fourth-order valence-corrected chi connectivity index (χ4v) is 2.27. The highest BCUT2D eigenvalue weighted by molar-refractivity contribution is 4.70. The predicted molar refractivity (Wildman–Crippen MR) is 57.0 cm³/mol. The van der Waals surface area contributed by atoms with Crippen molar-refractivity contribution in [1.29, 1.82) is 0 Å². The average molecular weight is 198 g/mol. The summed E-state index contributed by atoms with van der Waals surface area (Å²) in [4.78, 5) is 8.37. The first-order valence-electron chi connectivity index (χ1n) is 5.95. The van der Waals surface area contributed by atoms with E-state index in [9.17, 15) is 0 Å². The van der Waals surface area contributed by atoms with E-state index in [1.807, 2.05) is 0 Å². The van der Waals surface area contributed by atoms with Gasteiger partial charge in [0.05, 0.1) is 6.10 Å². The van der Waals surface area contributed by atoms with Crippen LogP contribution in [0.5, 0.6) is 0 Å². The lowest BCUT2D eigenvalue weighted by atomic mass is 10.1. The molecule has 2 fully saturated rings. The minimum absolute atomic E-state index is 0.490. The van der Waals surface area contributed by atoms with Crippen LogP contribution in [0.1, 0.15) is 32.1 Å². The van der Waals surface area contributed by atoms with Crippen LogP contribution in [-0.4, -0.2) is 49.3 Å². The molecule has 0 amide bonds. The van der Waals surface area contributed by atoms with E-state index in [0.29, 0.717) is 6.10 Å². The van der Waals surface area contributed by atoms with Crippen molar-refractivity contribution in [2.45, 2.75) is 38.2 Å². The summed E-state index contributed by atoms with van der Waals surface area (Å²) in [5.41, 5.74) is 0. The first kappa shape index (κ1) is 10.4. The quantitative estimate of drug-likeness (QED) is 0.669. The standard InChI is InChI=1S/C11H22N2O/c1-12-9-5-11(6-10-12)14-13-7-3-2-4-8-13/h11H,2-10H2,1H3. The predicted octanol–water partition coefficient (Wildman–Crippen LogP) is 1.50. The van der Waals surface area contributed by atoms with Gasteiger partial charge in [-0.1, -0.05) is 6.42 Å². The Morgan fingerprint density at radius 2 is 1.57 bits per heavy atom. The van der Waals surface area contributed by atoms with E-state index in [2.05, 4.69) is 17.0 Å². The molecule has 0 atom stereocenters. The van der Waals surface area contributed by atoms with Crippen molar-refractivity contribution in [2.75, 3.05) is 33.2 Å². The van der Waals surface area contributed by atoms with E-state index in [1.54, 1.807) is 0 Å². The highest BCUT2D eigenvalue weighted by atomic mass is 16.7. The van der Waals surface area contributed by atoms with Gasteiger partial charge >= 0.3 is 0 Å². The summed E-state index contributed by atoms with van der Waals surface area (Å²) in [6.07, 6.45) is 6.90. The second kappa shape index (κ2) is 5.10. The van der Waals surface area contributed by atoms with Gasteiger partial charge in [0.2, 0.25) is 0 Å². The molecule has 14 heavy (non-hydrogen) atoms. The van der Waals surface area contributed by atoms with Gasteiger partial charge in [-0.15, -0.1) is 0 Å². The molecule has 0 aromatic carbocycles. The Balaban J connectivity index is 1.68. The Kier molecular flexibility index (Phi) is 3.79. The normalized spacial score (nSPS) is 28.1. The summed E-state index contributed by atoms with van der Waals surface area (Å²) in [6, 6.07) is 0. The molecule has 3 heteroatoms. The van der Waals surface area contributed by atoms with E-state index in [1.165, 1.54) is 45.2 Å². The maximum Gasteiger partial charge on any atom is 0.0817 e. The van der Waals surface area contributed by atoms with Gasteiger partial charge in [-0.3, -0.25) is 4.84 Å². The third-order valence-electron chi connectivity index (χ3n) is 3.28. The molecule has 3 nitrogen and oxygen atoms in total. The van der Waals surface area contributed by atoms with E-state index in [0.717, 1.165) is 13.1 Å². The lowest BCUT2D eigenvalue weighted by molar-refractivity contribution is -0.214. The molecule has 0 aromatic heterocycles. The van der Waals surface area contributed by atoms with Crippen molar-refractivity contribution in [3.63, 3.8) is 0 Å². The monoisotopic (exact) mass is 198 g/mol. The van der Waals surface area contributed by atoms with E-state index in [-0.39, 0.29) is 0 Å². The van der Waals surface area contributed by atoms with Gasteiger partial charge in [0, 0.05) is 26.2 Å². The maximum atomic E-state index is 5.99. The molecule has 0 aromatic rings. The molecule has 2 aliphatic rings. The lowest BCUT2D eigenvalue weighted by Gasteiger charge is -2.34. The Morgan fingerprint density at radius 3 is 2.21 bits per heavy atom. The van der Waals surface area contributed by atoms with E-state index < -0.39 is 0 Å². The molecule has 0 spiro atoms. The summed E-state index contributed by atoms with van der Waals surface area (Å²) >= 11 is 0. The van der Waals surface area contributed by atoms with Crippen LogP contribution in [0, 0.1) is 0 Å². The maximum absolute atomic E-state index is 5.99. The highest BCUT2D eigenvalue weighted by Gasteiger charge is 2.21. The molecule has 2 saturated heterocycles. The van der Waals surface area contributed by atoms with Crippen LogP contribution in [0.25, 0.3) is 0 Å². The number of hydrogen-bond acceptors (Lipinski definition) is 3. The van der Waals surface area contributed by atoms with Crippen LogP contribution in [0.15, 0.2) is 0 Å². The molecular weight excluding hydrogens is 176 g/mol. The third kappa shape index (κ3) is 2.94. The first-order chi connectivity index (χ1) is 6.84. The van der Waals surface area contributed by atoms with Gasteiger partial charge in [-0.25, -0.2) is 0 Å². The van der Waals surface area contributed by atoms with Crippen LogP contribution in [0.2, 0.25) is 0 Å². The largest absolute Gasteiger partial charge is 0.306 e. The van der Waals surface area contributed by atoms with Crippen molar-refractivity contribution in [3.05, 3.63) is 0 Å². The molecule has 0 radical (unpaired) electrons. The van der Waals surface area contributed by atoms with Crippen LogP contribution in [-0.2, 0) is 4.84 Å². The Hall–Kier alpha value is -0.120. The number of hydrogen-bond donors (Lipinski definition) is 0. The fourth-order valence-electron chi connectivity index (χ4n) is 2.27. The summed E-state index contributed by atoms with van der Waals surface area (Å²) < 4.78 is 0. The summed E-state index contributed by atoms with van der Waals surface area (Å²) in [6.45, 7) is 4.68. The summed E-state index contributed by atoms with van der Waals surface area (Å²) in [5, 5.41) is 2.19. The zero-order chi connectivity index (χ0) is 9.80. The number of rotatable bonds is 2. The molecular formula is C11H22N2O. The van der Waals surface area contributed by atoms with Crippen molar-refractivity contribution >= 4 is 0 Å². The molecule has 0 saturated carbocycles. The molecule has 82 valence electrons. The van der Waals surface area contributed by atoms with E-state index in [4.69, 9.17) is 4.84 Å². The number of likely N-dealkylation sites (tertiary alicyclic amines) is 1. The molecule has 0 aliphatic carbocycles. The number of hydroxylamine groups is 2. The second-order valence-corrected chi connectivity index (χ2v) is 4.60. The van der Waals surface area contributed by atoms with Gasteiger partial charge in [0.1, 0.15) is 0 Å². The smallest absolute Gasteiger partial charge is 0.0817 e. The molecule has 2 rings (SSSR count). The highest BCUT2D eigenvalue weighted by Crippen LogP contribution is 2.16. The Labute approximate surface area is 87.0 Å². The minimum Gasteiger partial charge on any atom is -0.306 e. The Bertz CT molecular complexity index is 161. The second-order valence-electron chi connectivity index (χ2n) is 4.60. The van der Waals surface area contributed by atoms with Gasteiger partial charge in [-0.05, 0) is 32.7 Å². The average Bonchev–Trinajstić information content (AvgIpc) is 2.23. The van der Waals surface area contributed by atoms with E-state index >= 15 is 0 Å². The topological polar surface area (TPSA) is 15.7 Å².